The molecule has 0 spiro atoms. The maximum Gasteiger partial charge on any atom is 0.247 e. The predicted octanol–water partition coefficient (Wildman–Crippen LogP) is 4.64. The summed E-state index contributed by atoms with van der Waals surface area (Å²) in [5.74, 6) is -0.143. The molecule has 29 heavy (non-hydrogen) atoms. The number of rotatable bonds is 6. The van der Waals surface area contributed by atoms with Crippen molar-refractivity contribution in [3.63, 3.8) is 0 Å². The van der Waals surface area contributed by atoms with E-state index in [1.165, 1.54) is 5.56 Å². The van der Waals surface area contributed by atoms with Crippen LogP contribution in [0.4, 0.5) is 5.69 Å². The van der Waals surface area contributed by atoms with Crippen LogP contribution in [0.5, 0.6) is 0 Å². The molecule has 0 aliphatic rings. The Morgan fingerprint density at radius 2 is 1.55 bits per heavy atom. The number of benzene rings is 2. The van der Waals surface area contributed by atoms with E-state index in [0.717, 1.165) is 17.4 Å². The van der Waals surface area contributed by atoms with E-state index in [9.17, 15) is 13.2 Å². The van der Waals surface area contributed by atoms with Crippen LogP contribution in [0.25, 0.3) is 6.08 Å². The maximum atomic E-state index is 12.5. The van der Waals surface area contributed by atoms with Gasteiger partial charge in [0.1, 0.15) is 0 Å². The van der Waals surface area contributed by atoms with Crippen LogP contribution in [0.15, 0.2) is 54.1 Å². The van der Waals surface area contributed by atoms with E-state index in [1.54, 1.807) is 31.2 Å². The summed E-state index contributed by atoms with van der Waals surface area (Å²) < 4.78 is 25.0. The molecule has 0 heterocycles. The van der Waals surface area contributed by atoms with Crippen molar-refractivity contribution < 1.29 is 13.2 Å². The number of amides is 1. The second kappa shape index (κ2) is 8.82. The van der Waals surface area contributed by atoms with Gasteiger partial charge in [-0.2, -0.15) is 0 Å². The molecular weight excluding hydrogens is 384 g/mol. The quantitative estimate of drug-likeness (QED) is 0.677. The summed E-state index contributed by atoms with van der Waals surface area (Å²) in [7, 11) is -3.31. The molecule has 0 saturated carbocycles. The largest absolute Gasteiger partial charge is 0.346 e. The first kappa shape index (κ1) is 22.7. The Labute approximate surface area is 174 Å². The molecule has 5 nitrogen and oxygen atoms in total. The first-order chi connectivity index (χ1) is 13.3. The van der Waals surface area contributed by atoms with Gasteiger partial charge >= 0.3 is 0 Å². The van der Waals surface area contributed by atoms with E-state index >= 15 is 0 Å². The topological polar surface area (TPSA) is 75.3 Å². The van der Waals surface area contributed by atoms with Crippen LogP contribution in [-0.2, 0) is 20.2 Å². The number of hydrogen-bond donors (Lipinski definition) is 2. The molecule has 6 heteroatoms. The lowest BCUT2D eigenvalue weighted by Crippen LogP contribution is -2.27. The highest BCUT2D eigenvalue weighted by atomic mass is 32.2. The molecule has 2 aromatic carbocycles. The molecule has 0 aliphatic carbocycles. The lowest BCUT2D eigenvalue weighted by molar-refractivity contribution is -0.118. The van der Waals surface area contributed by atoms with Crippen LogP contribution in [0, 0.1) is 0 Å². The van der Waals surface area contributed by atoms with Gasteiger partial charge in [-0.3, -0.25) is 9.52 Å². The minimum atomic E-state index is -3.31. The molecule has 156 valence electrons. The van der Waals surface area contributed by atoms with Crippen molar-refractivity contribution in [2.45, 2.75) is 46.1 Å². The summed E-state index contributed by atoms with van der Waals surface area (Å²) in [5, 5.41) is 2.97. The van der Waals surface area contributed by atoms with Crippen molar-refractivity contribution in [1.82, 2.24) is 5.32 Å². The van der Waals surface area contributed by atoms with E-state index in [0.29, 0.717) is 11.3 Å². The van der Waals surface area contributed by atoms with Crippen molar-refractivity contribution in [2.75, 3.05) is 11.0 Å². The number of nitrogens with one attached hydrogen (secondary N) is 2. The second-order valence-electron chi connectivity index (χ2n) is 8.39. The zero-order chi connectivity index (χ0) is 21.8. The third kappa shape index (κ3) is 7.06. The Hall–Kier alpha value is -2.60. The average molecular weight is 415 g/mol. The monoisotopic (exact) mass is 414 g/mol. The fraction of sp³-hybridized carbons (Fsp3) is 0.348. The minimum absolute atomic E-state index is 0.0937. The van der Waals surface area contributed by atoms with Gasteiger partial charge in [0.25, 0.3) is 0 Å². The van der Waals surface area contributed by atoms with Crippen molar-refractivity contribution >= 4 is 27.7 Å². The number of anilines is 1. The third-order valence-corrected chi connectivity index (χ3v) is 5.19. The lowest BCUT2D eigenvalue weighted by atomic mass is 9.86. The number of sulfonamides is 1. The molecule has 1 amide bonds. The van der Waals surface area contributed by atoms with Crippen LogP contribution >= 0.6 is 0 Å². The van der Waals surface area contributed by atoms with Crippen LogP contribution < -0.4 is 10.0 Å². The predicted molar refractivity (Wildman–Crippen MR) is 120 cm³/mol. The SMILES string of the molecule is C/C(=C\c1ccc(C(C)(C)C)cc1)C(=O)N[C@H](C)c1ccc(NS(C)(=O)=O)cc1. The summed E-state index contributed by atoms with van der Waals surface area (Å²) in [6.45, 7) is 10.2. The van der Waals surface area contributed by atoms with E-state index in [1.807, 2.05) is 25.1 Å². The van der Waals surface area contributed by atoms with Crippen molar-refractivity contribution in [2.24, 2.45) is 0 Å². The third-order valence-electron chi connectivity index (χ3n) is 4.58. The highest BCUT2D eigenvalue weighted by molar-refractivity contribution is 7.92. The lowest BCUT2D eigenvalue weighted by Gasteiger charge is -2.19. The van der Waals surface area contributed by atoms with Crippen LogP contribution in [0.3, 0.4) is 0 Å². The zero-order valence-electron chi connectivity index (χ0n) is 17.9. The van der Waals surface area contributed by atoms with E-state index in [2.05, 4.69) is 42.9 Å². The van der Waals surface area contributed by atoms with E-state index < -0.39 is 10.0 Å². The van der Waals surface area contributed by atoms with Crippen molar-refractivity contribution in [3.05, 3.63) is 70.8 Å². The molecule has 1 atom stereocenters. The van der Waals surface area contributed by atoms with Gasteiger partial charge in [-0.05, 0) is 54.2 Å². The highest BCUT2D eigenvalue weighted by Gasteiger charge is 2.14. The molecule has 0 aliphatic heterocycles. The van der Waals surface area contributed by atoms with Crippen molar-refractivity contribution in [1.29, 1.82) is 0 Å². The van der Waals surface area contributed by atoms with Crippen LogP contribution in [0.2, 0.25) is 0 Å². The molecule has 0 saturated heterocycles. The fourth-order valence-electron chi connectivity index (χ4n) is 2.84. The van der Waals surface area contributed by atoms with Crippen molar-refractivity contribution in [3.8, 4) is 0 Å². The van der Waals surface area contributed by atoms with Gasteiger partial charge < -0.3 is 5.32 Å². The number of carbonyl (C=O) groups is 1. The Balaban J connectivity index is 2.03. The molecule has 0 radical (unpaired) electrons. The van der Waals surface area contributed by atoms with Gasteiger partial charge in [0.05, 0.1) is 12.3 Å². The Bertz CT molecular complexity index is 984. The smallest absolute Gasteiger partial charge is 0.247 e. The van der Waals surface area contributed by atoms with Gasteiger partial charge in [0.15, 0.2) is 0 Å². The highest BCUT2D eigenvalue weighted by Crippen LogP contribution is 2.23. The van der Waals surface area contributed by atoms with E-state index in [4.69, 9.17) is 0 Å². The molecule has 2 N–H and O–H groups in total. The fourth-order valence-corrected chi connectivity index (χ4v) is 3.41. The summed E-state index contributed by atoms with van der Waals surface area (Å²) in [6, 6.07) is 15.0. The number of carbonyl (C=O) groups excluding carboxylic acids is 1. The zero-order valence-corrected chi connectivity index (χ0v) is 18.7. The first-order valence-electron chi connectivity index (χ1n) is 9.52. The van der Waals surface area contributed by atoms with Gasteiger partial charge in [-0.25, -0.2) is 8.42 Å². The minimum Gasteiger partial charge on any atom is -0.346 e. The number of hydrogen-bond acceptors (Lipinski definition) is 3. The normalized spacial score (nSPS) is 13.7. The first-order valence-corrected chi connectivity index (χ1v) is 11.4. The molecule has 0 fully saturated rings. The molecule has 0 aromatic heterocycles. The molecule has 0 unspecified atom stereocenters. The molecule has 2 rings (SSSR count). The van der Waals surface area contributed by atoms with E-state index in [-0.39, 0.29) is 17.4 Å². The summed E-state index contributed by atoms with van der Waals surface area (Å²) in [4.78, 5) is 12.5. The average Bonchev–Trinajstić information content (AvgIpc) is 2.60. The Kier molecular flexibility index (Phi) is 6.90. The standard InChI is InChI=1S/C23H30N2O3S/c1-16(15-18-7-11-20(12-8-18)23(3,4)5)22(26)24-17(2)19-9-13-21(14-10-19)25-29(6,27)28/h7-15,17,25H,1-6H3,(H,24,26)/b16-15+/t17-/m1/s1. The summed E-state index contributed by atoms with van der Waals surface area (Å²) >= 11 is 0. The molecule has 2 aromatic rings. The van der Waals surface area contributed by atoms with Gasteiger partial charge in [-0.15, -0.1) is 0 Å². The summed E-state index contributed by atoms with van der Waals surface area (Å²) in [6.07, 6.45) is 2.98. The molecule has 0 bridgehead atoms. The van der Waals surface area contributed by atoms with Gasteiger partial charge in [-0.1, -0.05) is 57.2 Å². The Morgan fingerprint density at radius 1 is 1.00 bits per heavy atom. The second-order valence-corrected chi connectivity index (χ2v) is 10.1. The maximum absolute atomic E-state index is 12.5. The van der Waals surface area contributed by atoms with Gasteiger partial charge in [0, 0.05) is 11.3 Å². The summed E-state index contributed by atoms with van der Waals surface area (Å²) in [5.41, 5.74) is 4.32. The van der Waals surface area contributed by atoms with Crippen LogP contribution in [-0.4, -0.2) is 20.6 Å². The Morgan fingerprint density at radius 3 is 2.03 bits per heavy atom. The molecular formula is C23H30N2O3S. The van der Waals surface area contributed by atoms with Crippen LogP contribution in [0.1, 0.15) is 57.4 Å². The van der Waals surface area contributed by atoms with Gasteiger partial charge in [0.2, 0.25) is 15.9 Å².